The molecule has 3 unspecified atom stereocenters. The third-order valence-corrected chi connectivity index (χ3v) is 8.39. The molecule has 6 fully saturated rings. The molecule has 1 aromatic heterocycles. The van der Waals surface area contributed by atoms with Crippen molar-refractivity contribution >= 4 is 17.6 Å². The number of benzene rings is 1. The fourth-order valence-corrected chi connectivity index (χ4v) is 6.26. The Bertz CT molecular complexity index is 1100. The number of ether oxygens (including phenoxy) is 1. The molecule has 1 aliphatic heterocycles. The summed E-state index contributed by atoms with van der Waals surface area (Å²) in [5.41, 5.74) is 0.597. The second kappa shape index (κ2) is 6.23. The Labute approximate surface area is 184 Å². The molecule has 2 heterocycles. The molecule has 5 aliphatic carbocycles. The van der Waals surface area contributed by atoms with Gasteiger partial charge in [0, 0.05) is 43.2 Å². The maximum atomic E-state index is 14.6. The average Bonchev–Trinajstić information content (AvgIpc) is 3.63. The summed E-state index contributed by atoms with van der Waals surface area (Å²) in [7, 11) is 0. The van der Waals surface area contributed by atoms with E-state index in [2.05, 4.69) is 15.2 Å². The molecule has 2 bridgehead atoms. The topological polar surface area (TPSA) is 67.6 Å². The monoisotopic (exact) mass is 441 g/mol. The van der Waals surface area contributed by atoms with E-state index in [0.717, 1.165) is 49.9 Å². The number of anilines is 2. The number of amides is 1. The summed E-state index contributed by atoms with van der Waals surface area (Å²) in [6.45, 7) is 3.65. The number of carbonyl (C=O) groups excluding carboxylic acids is 1. The van der Waals surface area contributed by atoms with Crippen molar-refractivity contribution < 1.29 is 22.7 Å². The van der Waals surface area contributed by atoms with Crippen LogP contribution in [0.15, 0.2) is 16.5 Å². The molecule has 0 radical (unpaired) electrons. The molecule has 5 saturated carbocycles. The lowest BCUT2D eigenvalue weighted by Gasteiger charge is -2.15. The van der Waals surface area contributed by atoms with Gasteiger partial charge in [-0.2, -0.15) is 4.98 Å². The number of aromatic nitrogens is 1. The molecule has 1 N–H and O–H groups in total. The van der Waals surface area contributed by atoms with Gasteiger partial charge in [0.1, 0.15) is 11.9 Å². The van der Waals surface area contributed by atoms with Crippen LogP contribution in [0, 0.1) is 40.7 Å². The lowest BCUT2D eigenvalue weighted by molar-refractivity contribution is 0.102. The Hall–Kier alpha value is -2.64. The second-order valence-corrected chi connectivity index (χ2v) is 10.3. The highest BCUT2D eigenvalue weighted by molar-refractivity contribution is 6.03. The summed E-state index contributed by atoms with van der Waals surface area (Å²) < 4.78 is 40.8. The maximum absolute atomic E-state index is 14.6. The van der Waals surface area contributed by atoms with Crippen molar-refractivity contribution in [3.8, 4) is 5.75 Å². The molecule has 8 heteroatoms. The van der Waals surface area contributed by atoms with Gasteiger partial charge in [-0.05, 0) is 48.9 Å². The molecule has 32 heavy (non-hydrogen) atoms. The Kier molecular flexibility index (Phi) is 3.68. The predicted octanol–water partition coefficient (Wildman–Crippen LogP) is 4.40. The highest BCUT2D eigenvalue weighted by atomic mass is 19.1. The van der Waals surface area contributed by atoms with E-state index in [1.807, 2.05) is 6.92 Å². The van der Waals surface area contributed by atoms with E-state index < -0.39 is 17.5 Å². The molecule has 2 aromatic rings. The SMILES string of the molecule is CCc1oc(N2CCC3(CC3)C2)nc1C(=O)Nc1cc(F)c(OC2CC3C4C2C34)c(F)c1. The minimum absolute atomic E-state index is 0.0309. The largest absolute Gasteiger partial charge is 0.484 e. The number of nitrogens with zero attached hydrogens (tertiary/aromatic N) is 2. The molecule has 1 spiro atoms. The first-order valence-electron chi connectivity index (χ1n) is 11.7. The fraction of sp³-hybridized carbons (Fsp3) is 0.583. The zero-order valence-electron chi connectivity index (χ0n) is 17.9. The summed E-state index contributed by atoms with van der Waals surface area (Å²) in [6, 6.07) is 2.66. The van der Waals surface area contributed by atoms with Crippen LogP contribution >= 0.6 is 0 Å². The Morgan fingerprint density at radius 2 is 2.00 bits per heavy atom. The average molecular weight is 441 g/mol. The molecule has 6 nitrogen and oxygen atoms in total. The molecule has 1 amide bonds. The second-order valence-electron chi connectivity index (χ2n) is 10.3. The van der Waals surface area contributed by atoms with Crippen LogP contribution in [-0.2, 0) is 6.42 Å². The third-order valence-electron chi connectivity index (χ3n) is 8.39. The first-order valence-corrected chi connectivity index (χ1v) is 11.7. The first kappa shape index (κ1) is 18.9. The molecule has 1 saturated heterocycles. The first-order chi connectivity index (χ1) is 15.5. The highest BCUT2D eigenvalue weighted by Crippen LogP contribution is 2.82. The van der Waals surface area contributed by atoms with E-state index in [1.54, 1.807) is 0 Å². The van der Waals surface area contributed by atoms with E-state index in [4.69, 9.17) is 9.15 Å². The Balaban J connectivity index is 1.08. The van der Waals surface area contributed by atoms with Crippen LogP contribution in [0.5, 0.6) is 5.75 Å². The number of hydrogen-bond acceptors (Lipinski definition) is 5. The number of oxazole rings is 1. The van der Waals surface area contributed by atoms with Crippen LogP contribution < -0.4 is 15.0 Å². The smallest absolute Gasteiger partial charge is 0.298 e. The minimum atomic E-state index is -0.803. The van der Waals surface area contributed by atoms with Crippen LogP contribution in [-0.4, -0.2) is 30.1 Å². The molecular formula is C24H25F2N3O3. The van der Waals surface area contributed by atoms with Crippen molar-refractivity contribution in [1.29, 1.82) is 0 Å². The highest BCUT2D eigenvalue weighted by Gasteiger charge is 2.81. The van der Waals surface area contributed by atoms with Gasteiger partial charge in [0.15, 0.2) is 23.1 Å². The van der Waals surface area contributed by atoms with Gasteiger partial charge in [-0.25, -0.2) is 8.78 Å². The van der Waals surface area contributed by atoms with Crippen LogP contribution in [0.25, 0.3) is 0 Å². The molecule has 6 aliphatic rings. The van der Waals surface area contributed by atoms with Crippen LogP contribution in [0.3, 0.4) is 0 Å². The summed E-state index contributed by atoms with van der Waals surface area (Å²) in [5.74, 6) is 0.650. The van der Waals surface area contributed by atoms with E-state index in [9.17, 15) is 13.6 Å². The van der Waals surface area contributed by atoms with Crippen LogP contribution in [0.1, 0.15) is 48.9 Å². The quantitative estimate of drug-likeness (QED) is 0.720. The van der Waals surface area contributed by atoms with Gasteiger partial charge in [0.2, 0.25) is 0 Å². The van der Waals surface area contributed by atoms with Crippen molar-refractivity contribution in [2.24, 2.45) is 29.1 Å². The molecular weight excluding hydrogens is 416 g/mol. The number of fused-ring (bicyclic) bond motifs is 1. The van der Waals surface area contributed by atoms with Gasteiger partial charge in [-0.15, -0.1) is 0 Å². The van der Waals surface area contributed by atoms with Crippen LogP contribution in [0.2, 0.25) is 0 Å². The standard InChI is InChI=1S/C24H25F2N3O3/c1-2-15-20(28-23(32-15)29-6-5-24(10-29)3-4-24)22(30)27-11-7-13(25)21(14(26)8-11)31-16-9-12-17-18(12)19(16)17/h7-8,12,16-19H,2-6,9-10H2,1H3,(H,27,30). The summed E-state index contributed by atoms with van der Waals surface area (Å²) in [5, 5.41) is 2.57. The van der Waals surface area contributed by atoms with Gasteiger partial charge < -0.3 is 19.4 Å². The van der Waals surface area contributed by atoms with Crippen molar-refractivity contribution in [2.75, 3.05) is 23.3 Å². The van der Waals surface area contributed by atoms with E-state index in [1.165, 1.54) is 12.8 Å². The third kappa shape index (κ3) is 2.74. The zero-order chi connectivity index (χ0) is 21.8. The summed E-state index contributed by atoms with van der Waals surface area (Å²) >= 11 is 0. The maximum Gasteiger partial charge on any atom is 0.298 e. The number of halogens is 2. The Morgan fingerprint density at radius 3 is 2.59 bits per heavy atom. The minimum Gasteiger partial charge on any atom is -0.484 e. The van der Waals surface area contributed by atoms with Crippen molar-refractivity contribution in [3.05, 3.63) is 35.2 Å². The fourth-order valence-electron chi connectivity index (χ4n) is 6.26. The number of aryl methyl sites for hydroxylation is 1. The van der Waals surface area contributed by atoms with Crippen molar-refractivity contribution in [1.82, 2.24) is 4.98 Å². The lowest BCUT2D eigenvalue weighted by atomic mass is 10.1. The summed E-state index contributed by atoms with van der Waals surface area (Å²) in [4.78, 5) is 19.4. The van der Waals surface area contributed by atoms with Gasteiger partial charge in [0.05, 0.1) is 0 Å². The zero-order valence-corrected chi connectivity index (χ0v) is 17.9. The number of rotatable bonds is 6. The van der Waals surface area contributed by atoms with Gasteiger partial charge in [-0.3, -0.25) is 4.79 Å². The van der Waals surface area contributed by atoms with Crippen molar-refractivity contribution in [3.63, 3.8) is 0 Å². The van der Waals surface area contributed by atoms with Crippen LogP contribution in [0.4, 0.5) is 20.5 Å². The van der Waals surface area contributed by atoms with E-state index >= 15 is 0 Å². The molecule has 1 aromatic carbocycles. The van der Waals surface area contributed by atoms with E-state index in [0.29, 0.717) is 35.4 Å². The molecule has 8 rings (SSSR count). The molecule has 168 valence electrons. The van der Waals surface area contributed by atoms with E-state index in [-0.39, 0.29) is 23.2 Å². The Morgan fingerprint density at radius 1 is 1.25 bits per heavy atom. The van der Waals surface area contributed by atoms with Crippen molar-refractivity contribution in [2.45, 2.75) is 45.1 Å². The lowest BCUT2D eigenvalue weighted by Crippen LogP contribution is -2.21. The normalized spacial score (nSPS) is 32.2. The van der Waals surface area contributed by atoms with Gasteiger partial charge >= 0.3 is 0 Å². The number of nitrogens with one attached hydrogen (secondary N) is 1. The number of carbonyl (C=O) groups is 1. The predicted molar refractivity (Wildman–Crippen MR) is 112 cm³/mol. The van der Waals surface area contributed by atoms with Gasteiger partial charge in [-0.1, -0.05) is 6.92 Å². The molecule has 3 atom stereocenters. The summed E-state index contributed by atoms with van der Waals surface area (Å²) in [6.07, 6.45) is 4.89. The van der Waals surface area contributed by atoms with Gasteiger partial charge in [0.25, 0.3) is 11.9 Å². The number of hydrogen-bond donors (Lipinski definition) is 1.